The lowest BCUT2D eigenvalue weighted by atomic mass is 9.88. The molecule has 1 fully saturated rings. The second-order valence-corrected chi connectivity index (χ2v) is 4.97. The third-order valence-electron chi connectivity index (χ3n) is 3.47. The molecule has 1 atom stereocenters. The van der Waals surface area contributed by atoms with Crippen molar-refractivity contribution in [2.75, 3.05) is 13.2 Å². The molecule has 0 aliphatic carbocycles. The van der Waals surface area contributed by atoms with Crippen LogP contribution in [0.25, 0.3) is 0 Å². The molecular formula is C13H20N4O6. The first kappa shape index (κ1) is 17.1. The number of rotatable bonds is 7. The lowest BCUT2D eigenvalue weighted by molar-refractivity contribution is -0.238. The van der Waals surface area contributed by atoms with Crippen LogP contribution < -0.4 is 5.69 Å². The van der Waals surface area contributed by atoms with Crippen molar-refractivity contribution >= 4 is 11.9 Å². The van der Waals surface area contributed by atoms with E-state index >= 15 is 0 Å². The molecule has 0 N–H and O–H groups in total. The molecule has 1 aromatic heterocycles. The van der Waals surface area contributed by atoms with Gasteiger partial charge in [-0.2, -0.15) is 9.36 Å². The number of hydrogen-bond donors (Lipinski definition) is 0. The highest BCUT2D eigenvalue weighted by molar-refractivity contribution is 6.04. The molecule has 10 heteroatoms. The minimum atomic E-state index is -1.75. The summed E-state index contributed by atoms with van der Waals surface area (Å²) in [5.74, 6) is -1.56. The van der Waals surface area contributed by atoms with Gasteiger partial charge in [-0.3, -0.25) is 0 Å². The molecular weight excluding hydrogens is 308 g/mol. The maximum Gasteiger partial charge on any atom is 0.363 e. The smallest absolute Gasteiger partial charge is 0.363 e. The highest BCUT2D eigenvalue weighted by Gasteiger charge is 2.60. The van der Waals surface area contributed by atoms with Crippen LogP contribution >= 0.6 is 0 Å². The van der Waals surface area contributed by atoms with Crippen molar-refractivity contribution in [3.8, 4) is 0 Å². The molecule has 1 saturated heterocycles. The van der Waals surface area contributed by atoms with Gasteiger partial charge in [0.05, 0.1) is 25.9 Å². The second kappa shape index (κ2) is 6.90. The summed E-state index contributed by atoms with van der Waals surface area (Å²) in [6, 6.07) is 0. The topological polar surface area (TPSA) is 115 Å². The van der Waals surface area contributed by atoms with Gasteiger partial charge in [-0.1, -0.05) is 0 Å². The highest BCUT2D eigenvalue weighted by atomic mass is 16.6. The molecule has 1 aliphatic heterocycles. The average Bonchev–Trinajstić information content (AvgIpc) is 2.83. The Hall–Kier alpha value is -2.23. The quantitative estimate of drug-likeness (QED) is 0.468. The summed E-state index contributed by atoms with van der Waals surface area (Å²) in [5, 5.41) is 7.41. The van der Waals surface area contributed by atoms with Crippen LogP contribution in [-0.2, 0) is 36.9 Å². The Balaban J connectivity index is 2.07. The summed E-state index contributed by atoms with van der Waals surface area (Å²) in [6.07, 6.45) is -0.459. The highest BCUT2D eigenvalue weighted by Crippen LogP contribution is 2.36. The fourth-order valence-electron chi connectivity index (χ4n) is 2.35. The largest absolute Gasteiger partial charge is 0.463 e. The number of carbonyl (C=O) groups is 2. The zero-order valence-corrected chi connectivity index (χ0v) is 13.4. The van der Waals surface area contributed by atoms with E-state index in [0.717, 1.165) is 4.68 Å². The molecule has 10 nitrogen and oxygen atoms in total. The predicted molar refractivity (Wildman–Crippen MR) is 75.4 cm³/mol. The van der Waals surface area contributed by atoms with Crippen molar-refractivity contribution in [2.24, 2.45) is 0 Å². The molecule has 0 spiro atoms. The normalized spacial score (nSPS) is 19.0. The summed E-state index contributed by atoms with van der Waals surface area (Å²) in [6.45, 7) is 5.79. The predicted octanol–water partition coefficient (Wildman–Crippen LogP) is -0.886. The van der Waals surface area contributed by atoms with Gasteiger partial charge >= 0.3 is 17.6 Å². The van der Waals surface area contributed by atoms with Crippen LogP contribution in [0, 0.1) is 0 Å². The summed E-state index contributed by atoms with van der Waals surface area (Å²) >= 11 is 0. The summed E-state index contributed by atoms with van der Waals surface area (Å²) in [5.41, 5.74) is -2.12. The Kier molecular flexibility index (Phi) is 5.14. The minimum absolute atomic E-state index is 0.0656. The van der Waals surface area contributed by atoms with E-state index in [1.807, 2.05) is 0 Å². The Morgan fingerprint density at radius 2 is 1.70 bits per heavy atom. The van der Waals surface area contributed by atoms with E-state index in [2.05, 4.69) is 10.4 Å². The molecule has 0 bridgehead atoms. The van der Waals surface area contributed by atoms with Gasteiger partial charge in [-0.05, 0) is 31.2 Å². The molecule has 0 aromatic carbocycles. The van der Waals surface area contributed by atoms with Gasteiger partial charge in [0, 0.05) is 13.0 Å². The number of esters is 2. The van der Waals surface area contributed by atoms with E-state index in [9.17, 15) is 14.4 Å². The summed E-state index contributed by atoms with van der Waals surface area (Å²) < 4.78 is 17.6. The van der Waals surface area contributed by atoms with E-state index in [4.69, 9.17) is 14.2 Å². The van der Waals surface area contributed by atoms with Crippen molar-refractivity contribution in [3.63, 3.8) is 0 Å². The van der Waals surface area contributed by atoms with Gasteiger partial charge in [0.25, 0.3) is 5.60 Å². The first-order valence-electron chi connectivity index (χ1n) is 7.51. The van der Waals surface area contributed by atoms with Gasteiger partial charge in [0.15, 0.2) is 0 Å². The molecule has 2 rings (SSSR count). The zero-order chi connectivity index (χ0) is 17.0. The van der Waals surface area contributed by atoms with Crippen molar-refractivity contribution in [2.45, 2.75) is 52.0 Å². The molecule has 0 saturated carbocycles. The Bertz CT molecular complexity index is 611. The molecule has 128 valence electrons. The number of nitrogens with zero attached hydrogens (tertiary/aromatic N) is 4. The Labute approximate surface area is 132 Å². The van der Waals surface area contributed by atoms with Crippen LogP contribution in [0.4, 0.5) is 0 Å². The Morgan fingerprint density at radius 1 is 1.17 bits per heavy atom. The van der Waals surface area contributed by atoms with E-state index in [-0.39, 0.29) is 31.9 Å². The second-order valence-electron chi connectivity index (χ2n) is 4.97. The fourth-order valence-corrected chi connectivity index (χ4v) is 2.35. The van der Waals surface area contributed by atoms with Crippen LogP contribution in [0.5, 0.6) is 0 Å². The molecule has 1 unspecified atom stereocenters. The van der Waals surface area contributed by atoms with E-state index in [1.165, 1.54) is 4.68 Å². The minimum Gasteiger partial charge on any atom is -0.463 e. The SMILES string of the molecule is CCOC(=O)C1(C(=O)OCC)CC(Cn2nnn(CC)c2=O)O1. The van der Waals surface area contributed by atoms with Gasteiger partial charge in [0.2, 0.25) is 0 Å². The van der Waals surface area contributed by atoms with Crippen LogP contribution in [0.2, 0.25) is 0 Å². The Morgan fingerprint density at radius 3 is 2.13 bits per heavy atom. The first-order valence-corrected chi connectivity index (χ1v) is 7.51. The summed E-state index contributed by atoms with van der Waals surface area (Å²) in [7, 11) is 0. The number of ether oxygens (including phenoxy) is 3. The number of carbonyl (C=O) groups excluding carboxylic acids is 2. The third kappa shape index (κ3) is 3.11. The van der Waals surface area contributed by atoms with Crippen LogP contribution in [0.1, 0.15) is 27.2 Å². The number of aryl methyl sites for hydroxylation is 1. The molecule has 1 aliphatic rings. The van der Waals surface area contributed by atoms with Gasteiger partial charge in [-0.15, -0.1) is 0 Å². The lowest BCUT2D eigenvalue weighted by Crippen LogP contribution is -2.63. The third-order valence-corrected chi connectivity index (χ3v) is 3.47. The van der Waals surface area contributed by atoms with Crippen molar-refractivity contribution in [1.29, 1.82) is 0 Å². The van der Waals surface area contributed by atoms with Gasteiger partial charge < -0.3 is 14.2 Å². The summed E-state index contributed by atoms with van der Waals surface area (Å²) in [4.78, 5) is 35.9. The fraction of sp³-hybridized carbons (Fsp3) is 0.769. The monoisotopic (exact) mass is 328 g/mol. The van der Waals surface area contributed by atoms with Crippen LogP contribution in [0.15, 0.2) is 4.79 Å². The van der Waals surface area contributed by atoms with E-state index in [1.54, 1.807) is 20.8 Å². The van der Waals surface area contributed by atoms with E-state index < -0.39 is 23.6 Å². The number of tetrazole rings is 1. The average molecular weight is 328 g/mol. The molecule has 23 heavy (non-hydrogen) atoms. The van der Waals surface area contributed by atoms with Crippen molar-refractivity contribution in [1.82, 2.24) is 19.8 Å². The van der Waals surface area contributed by atoms with Crippen LogP contribution in [0.3, 0.4) is 0 Å². The maximum atomic E-state index is 12.0. The van der Waals surface area contributed by atoms with Crippen LogP contribution in [-0.4, -0.2) is 56.6 Å². The number of hydrogen-bond acceptors (Lipinski definition) is 8. The molecule has 1 aromatic rings. The standard InChI is InChI=1S/C13H20N4O6/c1-4-16-12(20)17(15-14-16)8-9-7-13(23-9,10(18)21-5-2)11(19)22-6-3/h9H,4-8H2,1-3H3. The molecule has 0 amide bonds. The van der Waals surface area contributed by atoms with Gasteiger partial charge in [-0.25, -0.2) is 14.4 Å². The number of aromatic nitrogens is 4. The van der Waals surface area contributed by atoms with E-state index in [0.29, 0.717) is 6.54 Å². The van der Waals surface area contributed by atoms with Gasteiger partial charge in [0.1, 0.15) is 0 Å². The molecule has 2 heterocycles. The maximum absolute atomic E-state index is 12.0. The zero-order valence-electron chi connectivity index (χ0n) is 13.4. The lowest BCUT2D eigenvalue weighted by Gasteiger charge is -2.42. The first-order chi connectivity index (χ1) is 11.0. The molecule has 0 radical (unpaired) electrons. The van der Waals surface area contributed by atoms with Crippen molar-refractivity contribution in [3.05, 3.63) is 10.5 Å². The van der Waals surface area contributed by atoms with Crippen molar-refractivity contribution < 1.29 is 23.8 Å².